The summed E-state index contributed by atoms with van der Waals surface area (Å²) in [7, 11) is 1.90. The van der Waals surface area contributed by atoms with Gasteiger partial charge in [-0.05, 0) is 19.2 Å². The van der Waals surface area contributed by atoms with E-state index in [0.29, 0.717) is 35.5 Å². The minimum Gasteiger partial charge on any atom is -0.489 e. The van der Waals surface area contributed by atoms with Gasteiger partial charge in [0.15, 0.2) is 5.75 Å². The maximum Gasteiger partial charge on any atom is 0.236 e. The van der Waals surface area contributed by atoms with Crippen molar-refractivity contribution in [2.24, 2.45) is 0 Å². The van der Waals surface area contributed by atoms with Crippen molar-refractivity contribution < 1.29 is 9.53 Å². The number of halogens is 2. The lowest BCUT2D eigenvalue weighted by atomic mass is 10.3. The molecular weight excluding hydrogens is 325 g/mol. The second-order valence-corrected chi connectivity index (χ2v) is 6.08. The lowest BCUT2D eigenvalue weighted by molar-refractivity contribution is -0.132. The van der Waals surface area contributed by atoms with Crippen LogP contribution in [0.2, 0.25) is 10.0 Å². The summed E-state index contributed by atoms with van der Waals surface area (Å²) in [5.74, 6) is 0.646. The van der Waals surface area contributed by atoms with Gasteiger partial charge in [-0.3, -0.25) is 9.69 Å². The Labute approximate surface area is 141 Å². The van der Waals surface area contributed by atoms with E-state index in [1.165, 1.54) is 0 Å². The highest BCUT2D eigenvalue weighted by molar-refractivity contribution is 6.37. The molecule has 0 unspecified atom stereocenters. The average molecular weight is 346 g/mol. The van der Waals surface area contributed by atoms with Crippen molar-refractivity contribution in [1.82, 2.24) is 15.1 Å². The molecule has 7 heteroatoms. The average Bonchev–Trinajstić information content (AvgIpc) is 2.51. The second kappa shape index (κ2) is 8.58. The molecule has 0 saturated carbocycles. The van der Waals surface area contributed by atoms with Gasteiger partial charge in [-0.1, -0.05) is 29.3 Å². The summed E-state index contributed by atoms with van der Waals surface area (Å²) in [5, 5.41) is 4.22. The normalized spacial score (nSPS) is 15.2. The first-order chi connectivity index (χ1) is 10.6. The number of likely N-dealkylation sites (N-methyl/N-ethyl adjacent to an activating group) is 1. The number of amides is 1. The number of para-hydroxylation sites is 1. The van der Waals surface area contributed by atoms with Gasteiger partial charge < -0.3 is 15.0 Å². The summed E-state index contributed by atoms with van der Waals surface area (Å²) in [4.78, 5) is 16.0. The van der Waals surface area contributed by atoms with Crippen molar-refractivity contribution in [2.75, 3.05) is 52.9 Å². The van der Waals surface area contributed by atoms with Crippen LogP contribution in [-0.4, -0.2) is 68.6 Å². The van der Waals surface area contributed by atoms with Crippen LogP contribution in [0, 0.1) is 0 Å². The molecule has 0 spiro atoms. The van der Waals surface area contributed by atoms with Crippen molar-refractivity contribution in [1.29, 1.82) is 0 Å². The van der Waals surface area contributed by atoms with Crippen LogP contribution >= 0.6 is 23.2 Å². The first-order valence-electron chi connectivity index (χ1n) is 7.32. The van der Waals surface area contributed by atoms with E-state index in [9.17, 15) is 4.79 Å². The fraction of sp³-hybridized carbons (Fsp3) is 0.533. The number of benzene rings is 1. The van der Waals surface area contributed by atoms with Gasteiger partial charge in [-0.25, -0.2) is 0 Å². The first-order valence-corrected chi connectivity index (χ1v) is 8.07. The van der Waals surface area contributed by atoms with Crippen LogP contribution in [0.4, 0.5) is 0 Å². The van der Waals surface area contributed by atoms with E-state index in [4.69, 9.17) is 27.9 Å². The summed E-state index contributed by atoms with van der Waals surface area (Å²) in [6.45, 7) is 4.72. The predicted octanol–water partition coefficient (Wildman–Crippen LogP) is 1.74. The maximum absolute atomic E-state index is 12.1. The molecule has 22 heavy (non-hydrogen) atoms. The molecule has 1 N–H and O–H groups in total. The lowest BCUT2D eigenvalue weighted by Crippen LogP contribution is -2.49. The van der Waals surface area contributed by atoms with E-state index < -0.39 is 0 Å². The number of ether oxygens (including phenoxy) is 1. The number of carbonyl (C=O) groups is 1. The molecule has 0 aromatic heterocycles. The molecule has 1 fully saturated rings. The molecule has 122 valence electrons. The molecule has 1 aromatic carbocycles. The Balaban J connectivity index is 1.73. The van der Waals surface area contributed by atoms with Gasteiger partial charge in [0.05, 0.1) is 16.6 Å². The van der Waals surface area contributed by atoms with Gasteiger partial charge in [0.1, 0.15) is 6.61 Å². The fourth-order valence-corrected chi connectivity index (χ4v) is 2.75. The number of hydrogen-bond donors (Lipinski definition) is 1. The number of nitrogens with one attached hydrogen (secondary N) is 1. The van der Waals surface area contributed by atoms with E-state index in [0.717, 1.165) is 26.2 Å². The molecule has 1 aliphatic rings. The lowest BCUT2D eigenvalue weighted by Gasteiger charge is -2.29. The van der Waals surface area contributed by atoms with Gasteiger partial charge in [0.25, 0.3) is 0 Å². The van der Waals surface area contributed by atoms with E-state index >= 15 is 0 Å². The monoisotopic (exact) mass is 345 g/mol. The number of rotatable bonds is 6. The first kappa shape index (κ1) is 17.3. The SMILES string of the molecule is CN(CCOc1c(Cl)cccc1Cl)CC(=O)N1CCNCC1. The smallest absolute Gasteiger partial charge is 0.236 e. The Bertz CT molecular complexity index is 487. The Kier molecular flexibility index (Phi) is 6.76. The maximum atomic E-state index is 12.1. The highest BCUT2D eigenvalue weighted by Crippen LogP contribution is 2.32. The van der Waals surface area contributed by atoms with Crippen molar-refractivity contribution in [3.05, 3.63) is 28.2 Å². The summed E-state index contributed by atoms with van der Waals surface area (Å²) in [6.07, 6.45) is 0. The molecule has 1 aliphatic heterocycles. The third-order valence-electron chi connectivity index (χ3n) is 3.51. The van der Waals surface area contributed by atoms with E-state index in [2.05, 4.69) is 5.32 Å². The molecule has 0 bridgehead atoms. The highest BCUT2D eigenvalue weighted by Gasteiger charge is 2.17. The van der Waals surface area contributed by atoms with Crippen molar-refractivity contribution in [3.63, 3.8) is 0 Å². The summed E-state index contributed by atoms with van der Waals surface area (Å²) in [5.41, 5.74) is 0. The second-order valence-electron chi connectivity index (χ2n) is 5.27. The van der Waals surface area contributed by atoms with Crippen molar-refractivity contribution in [3.8, 4) is 5.75 Å². The van der Waals surface area contributed by atoms with Crippen LogP contribution in [0.1, 0.15) is 0 Å². The Hall–Kier alpha value is -1.01. The zero-order chi connectivity index (χ0) is 15.9. The fourth-order valence-electron chi connectivity index (χ4n) is 2.25. The minimum atomic E-state index is 0.153. The molecule has 0 atom stereocenters. The van der Waals surface area contributed by atoms with Crippen LogP contribution in [0.25, 0.3) is 0 Å². The summed E-state index contributed by atoms with van der Waals surface area (Å²) >= 11 is 12.1. The highest BCUT2D eigenvalue weighted by atomic mass is 35.5. The van der Waals surface area contributed by atoms with E-state index in [1.807, 2.05) is 16.8 Å². The third kappa shape index (κ3) is 5.02. The molecule has 1 aromatic rings. The number of nitrogens with zero attached hydrogens (tertiary/aromatic N) is 2. The van der Waals surface area contributed by atoms with Crippen LogP contribution < -0.4 is 10.1 Å². The van der Waals surface area contributed by atoms with Crippen molar-refractivity contribution in [2.45, 2.75) is 0 Å². The predicted molar refractivity (Wildman–Crippen MR) is 88.9 cm³/mol. The van der Waals surface area contributed by atoms with Gasteiger partial charge >= 0.3 is 0 Å². The Morgan fingerprint density at radius 3 is 2.59 bits per heavy atom. The van der Waals surface area contributed by atoms with Crippen molar-refractivity contribution >= 4 is 29.1 Å². The number of piperazine rings is 1. The molecular formula is C15H21Cl2N3O2. The van der Waals surface area contributed by atoms with Crippen LogP contribution in [-0.2, 0) is 4.79 Å². The quantitative estimate of drug-likeness (QED) is 0.852. The van der Waals surface area contributed by atoms with Gasteiger partial charge in [0.2, 0.25) is 5.91 Å². The van der Waals surface area contributed by atoms with Gasteiger partial charge in [0, 0.05) is 32.7 Å². The van der Waals surface area contributed by atoms with Crippen LogP contribution in [0.3, 0.4) is 0 Å². The summed E-state index contributed by atoms with van der Waals surface area (Å²) < 4.78 is 5.62. The molecule has 0 aliphatic carbocycles. The zero-order valence-corrected chi connectivity index (χ0v) is 14.2. The molecule has 1 saturated heterocycles. The standard InChI is InChI=1S/C15H21Cl2N3O2/c1-19(11-14(21)20-7-5-18-6-8-20)9-10-22-15-12(16)3-2-4-13(15)17/h2-4,18H,5-11H2,1H3. The molecule has 0 radical (unpaired) electrons. The van der Waals surface area contributed by atoms with E-state index in [1.54, 1.807) is 18.2 Å². The van der Waals surface area contributed by atoms with Crippen LogP contribution in [0.15, 0.2) is 18.2 Å². The third-order valence-corrected chi connectivity index (χ3v) is 4.11. The number of carbonyl (C=O) groups excluding carboxylic acids is 1. The van der Waals surface area contributed by atoms with Gasteiger partial charge in [-0.15, -0.1) is 0 Å². The largest absolute Gasteiger partial charge is 0.489 e. The topological polar surface area (TPSA) is 44.8 Å². The molecule has 2 rings (SSSR count). The Morgan fingerprint density at radius 2 is 1.95 bits per heavy atom. The van der Waals surface area contributed by atoms with E-state index in [-0.39, 0.29) is 5.91 Å². The Morgan fingerprint density at radius 1 is 1.32 bits per heavy atom. The summed E-state index contributed by atoms with van der Waals surface area (Å²) in [6, 6.07) is 5.25. The minimum absolute atomic E-state index is 0.153. The number of hydrogen-bond acceptors (Lipinski definition) is 4. The molecule has 5 nitrogen and oxygen atoms in total. The molecule has 1 heterocycles. The van der Waals surface area contributed by atoms with Gasteiger partial charge in [-0.2, -0.15) is 0 Å². The molecule has 1 amide bonds. The van der Waals surface area contributed by atoms with Crippen LogP contribution in [0.5, 0.6) is 5.75 Å². The zero-order valence-electron chi connectivity index (χ0n) is 12.6.